The second kappa shape index (κ2) is 15.9. The first-order valence-electron chi connectivity index (χ1n) is 12.1. The number of hydrogen-bond donors (Lipinski definition) is 1. The summed E-state index contributed by atoms with van der Waals surface area (Å²) in [6.45, 7) is 8.29. The van der Waals surface area contributed by atoms with Crippen molar-refractivity contribution >= 4 is 29.5 Å². The lowest BCUT2D eigenvalue weighted by molar-refractivity contribution is -0.159. The summed E-state index contributed by atoms with van der Waals surface area (Å²) in [5, 5.41) is 6.77. The highest BCUT2D eigenvalue weighted by Crippen LogP contribution is 2.26. The van der Waals surface area contributed by atoms with Gasteiger partial charge in [-0.3, -0.25) is 9.59 Å². The minimum atomic E-state index is -0.963. The summed E-state index contributed by atoms with van der Waals surface area (Å²) in [4.78, 5) is 29.7. The van der Waals surface area contributed by atoms with Crippen molar-refractivity contribution in [2.45, 2.75) is 51.7 Å². The molecule has 1 saturated heterocycles. The van der Waals surface area contributed by atoms with E-state index in [9.17, 15) is 9.59 Å². The Kier molecular flexibility index (Phi) is 12.9. The molecule has 1 aromatic rings. The molecule has 1 unspecified atom stereocenters. The molecule has 0 spiro atoms. The number of anilines is 1. The van der Waals surface area contributed by atoms with E-state index in [2.05, 4.69) is 30.0 Å². The Morgan fingerprint density at radius 3 is 2.76 bits per heavy atom. The van der Waals surface area contributed by atoms with Gasteiger partial charge in [-0.1, -0.05) is 5.11 Å². The van der Waals surface area contributed by atoms with Crippen molar-refractivity contribution in [1.29, 1.82) is 0 Å². The highest BCUT2D eigenvalue weighted by Gasteiger charge is 2.27. The zero-order valence-corrected chi connectivity index (χ0v) is 22.4. The van der Waals surface area contributed by atoms with E-state index < -0.39 is 24.0 Å². The van der Waals surface area contributed by atoms with Gasteiger partial charge in [0.15, 0.2) is 0 Å². The second-order valence-electron chi connectivity index (χ2n) is 9.34. The fourth-order valence-electron chi connectivity index (χ4n) is 3.15. The molecular formula is C23H35N7O6S. The van der Waals surface area contributed by atoms with E-state index >= 15 is 0 Å². The number of carbonyl (C=O) groups is 2. The maximum atomic E-state index is 13.0. The van der Waals surface area contributed by atoms with E-state index in [0.29, 0.717) is 57.4 Å². The molecule has 2 rings (SSSR count). The molecule has 0 amide bonds. The number of azide groups is 1. The molecule has 37 heavy (non-hydrogen) atoms. The third kappa shape index (κ3) is 11.7. The maximum Gasteiger partial charge on any atom is 0.312 e. The number of rotatable bonds is 15. The molecule has 0 aliphatic carbocycles. The van der Waals surface area contributed by atoms with Gasteiger partial charge in [0.25, 0.3) is 5.88 Å². The molecule has 204 valence electrons. The molecule has 1 aliphatic heterocycles. The number of hydrogen-bond acceptors (Lipinski definition) is 12. The van der Waals surface area contributed by atoms with Gasteiger partial charge in [0.2, 0.25) is 5.82 Å². The smallest absolute Gasteiger partial charge is 0.312 e. The van der Waals surface area contributed by atoms with Crippen LogP contribution in [-0.4, -0.2) is 84.9 Å². The molecule has 0 aromatic carbocycles. The number of unbranched alkanes of at least 4 members (excludes halogenated alkanes) is 1. The van der Waals surface area contributed by atoms with E-state index in [4.69, 9.17) is 30.9 Å². The van der Waals surface area contributed by atoms with Crippen molar-refractivity contribution in [3.63, 3.8) is 0 Å². The first kappa shape index (κ1) is 30.1. The summed E-state index contributed by atoms with van der Waals surface area (Å²) >= 11 is 1.04. The molecule has 0 saturated carbocycles. The summed E-state index contributed by atoms with van der Waals surface area (Å²) in [6, 6.07) is 0. The molecule has 2 atom stereocenters. The number of terminal acetylenes is 1. The van der Waals surface area contributed by atoms with Gasteiger partial charge in [0, 0.05) is 49.5 Å². The van der Waals surface area contributed by atoms with Crippen molar-refractivity contribution in [2.75, 3.05) is 57.5 Å². The molecule has 1 N–H and O–H groups in total. The van der Waals surface area contributed by atoms with Crippen LogP contribution in [0.5, 0.6) is 5.88 Å². The quantitative estimate of drug-likeness (QED) is 0.0878. The van der Waals surface area contributed by atoms with Crippen LogP contribution in [0.25, 0.3) is 10.4 Å². The minimum Gasteiger partial charge on any atom is -0.470 e. The number of morpholine rings is 1. The molecular weight excluding hydrogens is 502 g/mol. The predicted octanol–water partition coefficient (Wildman–Crippen LogP) is 2.33. The number of nitrogens with zero attached hydrogens (tertiary/aromatic N) is 6. The van der Waals surface area contributed by atoms with Gasteiger partial charge in [-0.2, -0.15) is 4.37 Å². The molecule has 1 aliphatic rings. The summed E-state index contributed by atoms with van der Waals surface area (Å²) in [6.07, 6.45) is 5.55. The third-order valence-corrected chi connectivity index (χ3v) is 5.65. The van der Waals surface area contributed by atoms with Gasteiger partial charge < -0.3 is 29.2 Å². The van der Waals surface area contributed by atoms with E-state index in [1.54, 1.807) is 0 Å². The second-order valence-corrected chi connectivity index (χ2v) is 9.87. The van der Waals surface area contributed by atoms with Crippen LogP contribution in [0.2, 0.25) is 0 Å². The van der Waals surface area contributed by atoms with Crippen LogP contribution < -0.4 is 15.0 Å². The standard InChI is InChI=1S/C23H35N7O6S/c1-5-6-7-8-19(31)34-15-17(13-26-29-24)22(32)36-18(14-25-23(2,3)4)16-35-21-20(27-37-28-21)30-9-11-33-12-10-30/h1,17-18,25H,6-16H2,2-4H3/t17?,18-/m0/s1. The number of ether oxygens (including phenoxy) is 4. The monoisotopic (exact) mass is 537 g/mol. The molecule has 2 heterocycles. The molecule has 1 fully saturated rings. The van der Waals surface area contributed by atoms with Crippen molar-refractivity contribution < 1.29 is 28.5 Å². The molecule has 0 bridgehead atoms. The van der Waals surface area contributed by atoms with Gasteiger partial charge in [-0.25, -0.2) is 0 Å². The summed E-state index contributed by atoms with van der Waals surface area (Å²) < 4.78 is 30.8. The predicted molar refractivity (Wildman–Crippen MR) is 137 cm³/mol. The molecule has 13 nitrogen and oxygen atoms in total. The van der Waals surface area contributed by atoms with E-state index in [1.807, 2.05) is 25.7 Å². The Balaban J connectivity index is 2.03. The van der Waals surface area contributed by atoms with Crippen molar-refractivity contribution in [3.8, 4) is 18.2 Å². The number of aromatic nitrogens is 2. The van der Waals surface area contributed by atoms with Gasteiger partial charge in [-0.05, 0) is 32.7 Å². The zero-order chi connectivity index (χ0) is 27.1. The van der Waals surface area contributed by atoms with Gasteiger partial charge in [-0.15, -0.1) is 16.7 Å². The van der Waals surface area contributed by atoms with Crippen LogP contribution in [0.4, 0.5) is 5.82 Å². The molecule has 0 radical (unpaired) electrons. The average molecular weight is 538 g/mol. The highest BCUT2D eigenvalue weighted by atomic mass is 32.1. The topological polar surface area (TPSA) is 161 Å². The first-order valence-corrected chi connectivity index (χ1v) is 12.8. The average Bonchev–Trinajstić information content (AvgIpc) is 3.34. The lowest BCUT2D eigenvalue weighted by atomic mass is 10.1. The van der Waals surface area contributed by atoms with Crippen molar-refractivity contribution in [1.82, 2.24) is 14.1 Å². The van der Waals surface area contributed by atoms with Crippen molar-refractivity contribution in [2.24, 2.45) is 11.0 Å². The Hall–Kier alpha value is -3.11. The minimum absolute atomic E-state index is 0.0116. The lowest BCUT2D eigenvalue weighted by Gasteiger charge is -2.28. The van der Waals surface area contributed by atoms with Crippen LogP contribution in [0, 0.1) is 18.3 Å². The highest BCUT2D eigenvalue weighted by molar-refractivity contribution is 6.99. The van der Waals surface area contributed by atoms with E-state index in [1.165, 1.54) is 0 Å². The lowest BCUT2D eigenvalue weighted by Crippen LogP contribution is -2.45. The molecule has 14 heteroatoms. The van der Waals surface area contributed by atoms with Crippen LogP contribution in [0.3, 0.4) is 0 Å². The van der Waals surface area contributed by atoms with E-state index in [-0.39, 0.29) is 31.7 Å². The fraction of sp³-hybridized carbons (Fsp3) is 0.739. The maximum absolute atomic E-state index is 13.0. The SMILES string of the molecule is C#CCCCC(=O)OCC(CN=[N+]=[N-])C(=O)O[C@@H](CNC(C)(C)C)COc1nsnc1N1CCOCC1. The van der Waals surface area contributed by atoms with E-state index in [0.717, 1.165) is 11.7 Å². The number of esters is 2. The normalized spacial score (nSPS) is 15.1. The number of carbonyl (C=O) groups excluding carboxylic acids is 2. The fourth-order valence-corrected chi connectivity index (χ4v) is 3.67. The van der Waals surface area contributed by atoms with Gasteiger partial charge in [0.1, 0.15) is 19.3 Å². The zero-order valence-electron chi connectivity index (χ0n) is 21.6. The van der Waals surface area contributed by atoms with Crippen LogP contribution >= 0.6 is 11.7 Å². The first-order chi connectivity index (χ1) is 17.7. The Labute approximate surface area is 221 Å². The summed E-state index contributed by atoms with van der Waals surface area (Å²) in [5.74, 6) is 1.31. The Bertz CT molecular complexity index is 948. The van der Waals surface area contributed by atoms with Crippen molar-refractivity contribution in [3.05, 3.63) is 10.4 Å². The van der Waals surface area contributed by atoms with Gasteiger partial charge in [0.05, 0.1) is 30.9 Å². The summed E-state index contributed by atoms with van der Waals surface area (Å²) in [5.41, 5.74) is 8.48. The third-order valence-electron chi connectivity index (χ3n) is 5.15. The van der Waals surface area contributed by atoms with Gasteiger partial charge >= 0.3 is 11.9 Å². The largest absolute Gasteiger partial charge is 0.470 e. The van der Waals surface area contributed by atoms with Crippen LogP contribution in [0.15, 0.2) is 5.11 Å². The van der Waals surface area contributed by atoms with Crippen LogP contribution in [-0.2, 0) is 23.8 Å². The Morgan fingerprint density at radius 1 is 1.32 bits per heavy atom. The molecule has 1 aromatic heterocycles. The summed E-state index contributed by atoms with van der Waals surface area (Å²) in [7, 11) is 0. The number of nitrogens with one attached hydrogen (secondary N) is 1. The van der Waals surface area contributed by atoms with Crippen LogP contribution in [0.1, 0.15) is 40.0 Å². The Morgan fingerprint density at radius 2 is 2.08 bits per heavy atom.